The Morgan fingerprint density at radius 1 is 1.04 bits per heavy atom. The van der Waals surface area contributed by atoms with E-state index in [1.54, 1.807) is 0 Å². The van der Waals surface area contributed by atoms with Crippen molar-refractivity contribution in [1.82, 2.24) is 10.2 Å². The van der Waals surface area contributed by atoms with Gasteiger partial charge >= 0.3 is 0 Å². The monoisotopic (exact) mass is 640 g/mol. The van der Waals surface area contributed by atoms with Crippen LogP contribution >= 0.6 is 0 Å². The van der Waals surface area contributed by atoms with Crippen molar-refractivity contribution in [2.24, 2.45) is 56.7 Å². The molecule has 8 fully saturated rings. The summed E-state index contributed by atoms with van der Waals surface area (Å²) in [6.45, 7) is 15.1. The van der Waals surface area contributed by atoms with Crippen LogP contribution in [0.4, 0.5) is 0 Å². The Labute approximate surface area is 276 Å². The van der Waals surface area contributed by atoms with Crippen LogP contribution in [0.15, 0.2) is 0 Å². The van der Waals surface area contributed by atoms with Gasteiger partial charge < -0.3 is 34.3 Å². The van der Waals surface area contributed by atoms with Crippen LogP contribution in [0.5, 0.6) is 0 Å². The van der Waals surface area contributed by atoms with Crippen molar-refractivity contribution < 1.29 is 28.9 Å². The number of fused-ring (bicyclic) bond motifs is 4. The molecule has 6 aliphatic carbocycles. The molecular weight excluding hydrogens is 580 g/mol. The third kappa shape index (κ3) is 4.41. The molecule has 13 atom stereocenters. The second-order valence-corrected chi connectivity index (χ2v) is 18.4. The molecule has 0 aromatic rings. The summed E-state index contributed by atoms with van der Waals surface area (Å²) in [6, 6.07) is 0. The first-order valence-corrected chi connectivity index (χ1v) is 18.9. The van der Waals surface area contributed by atoms with E-state index in [4.69, 9.17) is 14.2 Å². The number of hydrogen-bond donors (Lipinski definition) is 2. The van der Waals surface area contributed by atoms with Crippen molar-refractivity contribution in [2.45, 2.75) is 136 Å². The maximum Gasteiger partial charge on any atom is 0.223 e. The Balaban J connectivity index is 0.991. The van der Waals surface area contributed by atoms with Crippen molar-refractivity contribution in [3.8, 4) is 0 Å². The van der Waals surface area contributed by atoms with Crippen molar-refractivity contribution in [1.29, 1.82) is 0 Å². The fourth-order valence-electron chi connectivity index (χ4n) is 13.9. The largest absolute Gasteiger partial charge is 0.390 e. The maximum atomic E-state index is 12.9. The van der Waals surface area contributed by atoms with Crippen LogP contribution in [-0.4, -0.2) is 85.7 Å². The Kier molecular flexibility index (Phi) is 7.67. The molecule has 8 nitrogen and oxygen atoms in total. The maximum absolute atomic E-state index is 12.9. The van der Waals surface area contributed by atoms with Crippen LogP contribution in [-0.2, 0) is 23.8 Å². The van der Waals surface area contributed by atoms with E-state index in [0.717, 1.165) is 19.1 Å². The van der Waals surface area contributed by atoms with E-state index in [9.17, 15) is 14.7 Å². The molecule has 8 rings (SSSR count). The number of hydrogen-bond acceptors (Lipinski definition) is 7. The number of nitrogens with one attached hydrogen (secondary N) is 1. The zero-order chi connectivity index (χ0) is 32.3. The van der Waals surface area contributed by atoms with Gasteiger partial charge in [-0.1, -0.05) is 34.6 Å². The third-order valence-electron chi connectivity index (χ3n) is 16.3. The van der Waals surface area contributed by atoms with Gasteiger partial charge in [-0.05, 0) is 115 Å². The van der Waals surface area contributed by atoms with Crippen LogP contribution in [0.25, 0.3) is 0 Å². The summed E-state index contributed by atoms with van der Waals surface area (Å²) < 4.78 is 19.7. The van der Waals surface area contributed by atoms with E-state index in [2.05, 4.69) is 39.9 Å². The van der Waals surface area contributed by atoms with E-state index in [0.29, 0.717) is 79.6 Å². The minimum Gasteiger partial charge on any atom is -0.390 e. The predicted molar refractivity (Wildman–Crippen MR) is 174 cm³/mol. The number of rotatable bonds is 8. The van der Waals surface area contributed by atoms with Gasteiger partial charge in [0.25, 0.3) is 0 Å². The molecule has 0 bridgehead atoms. The molecule has 2 N–H and O–H groups in total. The number of carbonyl (C=O) groups excluding carboxylic acids is 2. The molecule has 8 aliphatic rings. The van der Waals surface area contributed by atoms with Gasteiger partial charge in [0.2, 0.25) is 5.91 Å². The Morgan fingerprint density at radius 2 is 1.80 bits per heavy atom. The molecule has 1 amide bonds. The average molecular weight is 641 g/mol. The summed E-state index contributed by atoms with van der Waals surface area (Å²) in [7, 11) is 0. The molecule has 2 aliphatic heterocycles. The highest BCUT2D eigenvalue weighted by Gasteiger charge is 2.84. The van der Waals surface area contributed by atoms with Crippen LogP contribution < -0.4 is 5.32 Å². The first-order chi connectivity index (χ1) is 21.9. The highest BCUT2D eigenvalue weighted by Crippen LogP contribution is 2.89. The molecule has 2 spiro atoms. The van der Waals surface area contributed by atoms with Crippen LogP contribution in [0.2, 0.25) is 0 Å². The first-order valence-electron chi connectivity index (χ1n) is 18.9. The Hall–Kier alpha value is -1.06. The number of amides is 1. The van der Waals surface area contributed by atoms with Crippen molar-refractivity contribution in [3.63, 3.8) is 0 Å². The normalized spacial score (nSPS) is 52.0. The lowest BCUT2D eigenvalue weighted by molar-refractivity contribution is -0.248. The molecular formula is C38H60N2O6. The fraction of sp³-hybridized carbons (Fsp3) is 0.947. The predicted octanol–water partition coefficient (Wildman–Crippen LogP) is 4.96. The molecule has 7 unspecified atom stereocenters. The molecule has 0 aromatic heterocycles. The molecule has 8 heteroatoms. The summed E-state index contributed by atoms with van der Waals surface area (Å²) in [5, 5.41) is 15.6. The van der Waals surface area contributed by atoms with Gasteiger partial charge in [0.15, 0.2) is 6.29 Å². The number of aliphatic hydroxyl groups excluding tert-OH is 1. The zero-order valence-electron chi connectivity index (χ0n) is 29.1. The van der Waals surface area contributed by atoms with Crippen molar-refractivity contribution >= 4 is 12.2 Å². The van der Waals surface area contributed by atoms with Crippen LogP contribution in [0.3, 0.4) is 0 Å². The standard InChI is InChI=1S/C38H60N2O6/c1-23-18-25(20-39-14-16-41)45-32-31(23)35(4)12-13-38-22-37(38)11-10-28(34(2,3)26(37)8-9-27(38)36(35,5)33(32)43)46-30-21-40(15-17-44-30)29(42)19-24-6-7-24/h16,23-28,30-33,39,43H,6-15,17-22H2,1-5H3/t23-,25?,26+,27?,28?,30+,31+,32?,33+,35?,36-,37?,38?/m1/s1. The van der Waals surface area contributed by atoms with E-state index >= 15 is 0 Å². The van der Waals surface area contributed by atoms with E-state index in [-0.39, 0.29) is 46.8 Å². The lowest BCUT2D eigenvalue weighted by Gasteiger charge is -2.64. The second kappa shape index (κ2) is 11.0. The minimum absolute atomic E-state index is 0.0275. The second-order valence-electron chi connectivity index (χ2n) is 18.4. The topological polar surface area (TPSA) is 97.3 Å². The lowest BCUT2D eigenvalue weighted by Crippen LogP contribution is -2.60. The van der Waals surface area contributed by atoms with E-state index in [1.807, 2.05) is 4.90 Å². The lowest BCUT2D eigenvalue weighted by atomic mass is 9.41. The average Bonchev–Trinajstić information content (AvgIpc) is 3.94. The third-order valence-corrected chi connectivity index (χ3v) is 16.3. The van der Waals surface area contributed by atoms with Crippen LogP contribution in [0, 0.1) is 56.7 Å². The number of ether oxygens (including phenoxy) is 3. The van der Waals surface area contributed by atoms with Crippen molar-refractivity contribution in [3.05, 3.63) is 0 Å². The summed E-state index contributed by atoms with van der Waals surface area (Å²) in [5.41, 5.74) is 0.562. The molecule has 6 saturated carbocycles. The molecule has 0 radical (unpaired) electrons. The highest BCUT2D eigenvalue weighted by molar-refractivity contribution is 5.76. The minimum atomic E-state index is -0.461. The van der Waals surface area contributed by atoms with Gasteiger partial charge in [0, 0.05) is 24.9 Å². The van der Waals surface area contributed by atoms with Gasteiger partial charge in [0.1, 0.15) is 6.29 Å². The number of morpholine rings is 1. The van der Waals surface area contributed by atoms with Gasteiger partial charge in [-0.15, -0.1) is 0 Å². The fourth-order valence-corrected chi connectivity index (χ4v) is 13.9. The molecule has 258 valence electrons. The summed E-state index contributed by atoms with van der Waals surface area (Å²) in [4.78, 5) is 25.8. The zero-order valence-corrected chi connectivity index (χ0v) is 29.1. The van der Waals surface area contributed by atoms with E-state index < -0.39 is 6.10 Å². The van der Waals surface area contributed by atoms with Gasteiger partial charge in [-0.2, -0.15) is 0 Å². The highest BCUT2D eigenvalue weighted by atomic mass is 16.7. The summed E-state index contributed by atoms with van der Waals surface area (Å²) >= 11 is 0. The number of carbonyl (C=O) groups is 2. The number of aliphatic hydroxyl groups is 1. The number of nitrogens with zero attached hydrogens (tertiary/aromatic N) is 1. The summed E-state index contributed by atoms with van der Waals surface area (Å²) in [5.74, 6) is 2.84. The van der Waals surface area contributed by atoms with Gasteiger partial charge in [-0.25, -0.2) is 0 Å². The first kappa shape index (κ1) is 32.2. The smallest absolute Gasteiger partial charge is 0.223 e. The SMILES string of the molecule is C[C@@H]1CC(CNCC=O)OC2[C@H]1C1(C)CCC34CC35CCC(O[C@H]3CN(C(=O)CC6CC6)CCO3)C(C)(C)[C@@H]5CCC4[C@]1(C)[C@H]2O. The Bertz CT molecular complexity index is 1220. The van der Waals surface area contributed by atoms with Gasteiger partial charge in [-0.3, -0.25) is 4.79 Å². The van der Waals surface area contributed by atoms with Gasteiger partial charge in [0.05, 0.1) is 44.1 Å². The Morgan fingerprint density at radius 3 is 2.57 bits per heavy atom. The molecule has 2 heterocycles. The quantitative estimate of drug-likeness (QED) is 0.286. The van der Waals surface area contributed by atoms with Crippen molar-refractivity contribution in [2.75, 3.05) is 32.8 Å². The van der Waals surface area contributed by atoms with Crippen LogP contribution in [0.1, 0.15) is 105 Å². The molecule has 0 aromatic carbocycles. The molecule has 2 saturated heterocycles. The summed E-state index contributed by atoms with van der Waals surface area (Å²) in [6.07, 6.45) is 12.6. The van der Waals surface area contributed by atoms with E-state index in [1.165, 1.54) is 51.4 Å². The number of aldehydes is 1. The molecule has 46 heavy (non-hydrogen) atoms.